The second-order valence-electron chi connectivity index (χ2n) is 9.94. The number of hydrogen-bond donors (Lipinski definition) is 0. The number of allylic oxidation sites excluding steroid dienone is 1. The fourth-order valence-corrected chi connectivity index (χ4v) is 4.66. The van der Waals surface area contributed by atoms with Crippen LogP contribution in [-0.4, -0.2) is 36.4 Å². The lowest BCUT2D eigenvalue weighted by molar-refractivity contribution is 0.310. The predicted octanol–water partition coefficient (Wildman–Crippen LogP) is 7.19. The zero-order valence-corrected chi connectivity index (χ0v) is 22.1. The van der Waals surface area contributed by atoms with Gasteiger partial charge in [0.05, 0.1) is 0 Å². The molecule has 0 bridgehead atoms. The molecule has 0 unspecified atom stereocenters. The molecule has 2 nitrogen and oxygen atoms in total. The van der Waals surface area contributed by atoms with Crippen LogP contribution in [0.5, 0.6) is 5.75 Å². The first-order chi connectivity index (χ1) is 15.0. The van der Waals surface area contributed by atoms with Crippen LogP contribution in [0.3, 0.4) is 0 Å². The van der Waals surface area contributed by atoms with E-state index in [0.717, 1.165) is 31.3 Å². The Hall–Kier alpha value is -2.15. The highest BCUT2D eigenvalue weighted by Crippen LogP contribution is 2.49. The molecule has 174 valence electrons. The molecule has 0 fully saturated rings. The van der Waals surface area contributed by atoms with E-state index in [2.05, 4.69) is 119 Å². The molecule has 2 aromatic rings. The SMILES string of the molecule is CCN(C/C=C/C#CC(C)(C)C)Cc1cccc(OCS(C)(C)c2ccc(C)c(C)c2)c1. The quantitative estimate of drug-likeness (QED) is 0.374. The molecule has 0 aromatic heterocycles. The van der Waals surface area contributed by atoms with Crippen molar-refractivity contribution >= 4 is 10.0 Å². The van der Waals surface area contributed by atoms with Crippen LogP contribution in [0.2, 0.25) is 0 Å². The van der Waals surface area contributed by atoms with Crippen LogP contribution in [-0.2, 0) is 6.54 Å². The molecular formula is C29H41NOS. The Kier molecular flexibility index (Phi) is 9.49. The fraction of sp³-hybridized carbons (Fsp3) is 0.448. The van der Waals surface area contributed by atoms with Crippen LogP contribution < -0.4 is 4.74 Å². The molecule has 3 heteroatoms. The maximum absolute atomic E-state index is 6.28. The standard InChI is InChI=1S/C29H41NOS/c1-9-30(19-12-10-11-18-29(4,5)6)22-26-14-13-15-27(21-26)31-23-32(7,8)28-17-16-24(2)25(3)20-28/h10,12-17,20-21H,9,19,22-23H2,1-8H3/b12-10+. The van der Waals surface area contributed by atoms with Gasteiger partial charge < -0.3 is 4.74 Å². The van der Waals surface area contributed by atoms with E-state index in [4.69, 9.17) is 4.74 Å². The van der Waals surface area contributed by atoms with Crippen molar-refractivity contribution in [3.63, 3.8) is 0 Å². The second kappa shape index (κ2) is 11.6. The summed E-state index contributed by atoms with van der Waals surface area (Å²) >= 11 is 0. The monoisotopic (exact) mass is 451 g/mol. The summed E-state index contributed by atoms with van der Waals surface area (Å²) in [6, 6.07) is 15.3. The molecule has 32 heavy (non-hydrogen) atoms. The third-order valence-corrected chi connectivity index (χ3v) is 7.64. The normalized spacial score (nSPS) is 12.7. The van der Waals surface area contributed by atoms with Crippen molar-refractivity contribution in [1.29, 1.82) is 0 Å². The molecule has 0 heterocycles. The van der Waals surface area contributed by atoms with Gasteiger partial charge in [0, 0.05) is 18.5 Å². The number of benzene rings is 2. The largest absolute Gasteiger partial charge is 0.484 e. The summed E-state index contributed by atoms with van der Waals surface area (Å²) in [4.78, 5) is 3.80. The van der Waals surface area contributed by atoms with Gasteiger partial charge in [0.15, 0.2) is 0 Å². The second-order valence-corrected chi connectivity index (χ2v) is 13.7. The van der Waals surface area contributed by atoms with Crippen LogP contribution >= 0.6 is 10.0 Å². The Balaban J connectivity index is 1.97. The molecule has 0 saturated carbocycles. The van der Waals surface area contributed by atoms with Crippen LogP contribution in [0.25, 0.3) is 0 Å². The summed E-state index contributed by atoms with van der Waals surface area (Å²) in [6.45, 7) is 15.7. The van der Waals surface area contributed by atoms with Gasteiger partial charge in [0.25, 0.3) is 0 Å². The highest BCUT2D eigenvalue weighted by atomic mass is 32.3. The molecule has 0 radical (unpaired) electrons. The minimum atomic E-state index is -1.02. The van der Waals surface area contributed by atoms with E-state index in [1.165, 1.54) is 21.6 Å². The average Bonchev–Trinajstić information content (AvgIpc) is 2.72. The highest BCUT2D eigenvalue weighted by Gasteiger charge is 2.17. The maximum Gasteiger partial charge on any atom is 0.122 e. The van der Waals surface area contributed by atoms with Gasteiger partial charge in [-0.2, -0.15) is 10.0 Å². The lowest BCUT2D eigenvalue weighted by Crippen LogP contribution is -2.22. The Morgan fingerprint density at radius 3 is 2.44 bits per heavy atom. The van der Waals surface area contributed by atoms with Crippen molar-refractivity contribution in [3.8, 4) is 17.6 Å². The predicted molar refractivity (Wildman–Crippen MR) is 143 cm³/mol. The van der Waals surface area contributed by atoms with Crippen LogP contribution in [0, 0.1) is 31.1 Å². The zero-order valence-electron chi connectivity index (χ0n) is 21.3. The van der Waals surface area contributed by atoms with Gasteiger partial charge in [-0.1, -0.05) is 43.0 Å². The van der Waals surface area contributed by atoms with Crippen molar-refractivity contribution in [1.82, 2.24) is 4.90 Å². The molecule has 0 N–H and O–H groups in total. The first-order valence-corrected chi connectivity index (χ1v) is 14.0. The zero-order chi connectivity index (χ0) is 23.8. The molecule has 0 spiro atoms. The molecule has 0 aliphatic rings. The Morgan fingerprint density at radius 1 is 1.03 bits per heavy atom. The van der Waals surface area contributed by atoms with Crippen molar-refractivity contribution in [2.45, 2.75) is 53.0 Å². The van der Waals surface area contributed by atoms with Gasteiger partial charge in [-0.3, -0.25) is 4.90 Å². The summed E-state index contributed by atoms with van der Waals surface area (Å²) in [5.74, 6) is 8.08. The summed E-state index contributed by atoms with van der Waals surface area (Å²) in [7, 11) is -1.02. The molecule has 0 aliphatic heterocycles. The van der Waals surface area contributed by atoms with Gasteiger partial charge in [-0.15, -0.1) is 0 Å². The maximum atomic E-state index is 6.28. The number of rotatable bonds is 9. The van der Waals surface area contributed by atoms with E-state index in [0.29, 0.717) is 0 Å². The van der Waals surface area contributed by atoms with Crippen LogP contribution in [0.15, 0.2) is 59.5 Å². The summed E-state index contributed by atoms with van der Waals surface area (Å²) in [5, 5.41) is 0. The van der Waals surface area contributed by atoms with E-state index >= 15 is 0 Å². The summed E-state index contributed by atoms with van der Waals surface area (Å²) in [5.41, 5.74) is 4.01. The molecule has 0 aliphatic carbocycles. The lowest BCUT2D eigenvalue weighted by Gasteiger charge is -2.32. The molecule has 0 atom stereocenters. The van der Waals surface area contributed by atoms with Crippen molar-refractivity contribution in [2.75, 3.05) is 31.5 Å². The van der Waals surface area contributed by atoms with Gasteiger partial charge in [0.2, 0.25) is 0 Å². The number of nitrogens with zero attached hydrogens (tertiary/aromatic N) is 1. The Labute approximate surface area is 198 Å². The number of ether oxygens (including phenoxy) is 1. The molecular weight excluding hydrogens is 410 g/mol. The van der Waals surface area contributed by atoms with Gasteiger partial charge >= 0.3 is 0 Å². The number of hydrogen-bond acceptors (Lipinski definition) is 2. The van der Waals surface area contributed by atoms with E-state index in [-0.39, 0.29) is 5.41 Å². The average molecular weight is 452 g/mol. The van der Waals surface area contributed by atoms with Crippen molar-refractivity contribution < 1.29 is 4.74 Å². The molecule has 0 amide bonds. The Bertz CT molecular complexity index is 973. The van der Waals surface area contributed by atoms with Crippen LogP contribution in [0.1, 0.15) is 44.4 Å². The summed E-state index contributed by atoms with van der Waals surface area (Å²) < 4.78 is 6.28. The third kappa shape index (κ3) is 8.77. The highest BCUT2D eigenvalue weighted by molar-refractivity contribution is 8.32. The molecule has 2 aromatic carbocycles. The van der Waals surface area contributed by atoms with E-state index in [1.807, 2.05) is 6.08 Å². The van der Waals surface area contributed by atoms with E-state index in [9.17, 15) is 0 Å². The number of aryl methyl sites for hydroxylation is 2. The topological polar surface area (TPSA) is 12.5 Å². The third-order valence-electron chi connectivity index (χ3n) is 5.40. The van der Waals surface area contributed by atoms with Crippen molar-refractivity contribution in [2.24, 2.45) is 5.41 Å². The molecule has 2 rings (SSSR count). The Morgan fingerprint density at radius 2 is 1.78 bits per heavy atom. The molecule has 0 saturated heterocycles. The minimum Gasteiger partial charge on any atom is -0.484 e. The van der Waals surface area contributed by atoms with Gasteiger partial charge in [-0.25, -0.2) is 0 Å². The first-order valence-electron chi connectivity index (χ1n) is 11.4. The summed E-state index contributed by atoms with van der Waals surface area (Å²) in [6.07, 6.45) is 8.78. The van der Waals surface area contributed by atoms with Gasteiger partial charge in [-0.05, 0) is 106 Å². The van der Waals surface area contributed by atoms with E-state index < -0.39 is 10.0 Å². The van der Waals surface area contributed by atoms with Gasteiger partial charge in [0.1, 0.15) is 11.7 Å². The fourth-order valence-electron chi connectivity index (χ4n) is 3.16. The minimum absolute atomic E-state index is 0.0454. The smallest absolute Gasteiger partial charge is 0.122 e. The van der Waals surface area contributed by atoms with E-state index in [1.54, 1.807) is 0 Å². The number of likely N-dealkylation sites (N-methyl/N-ethyl adjacent to an activating group) is 1. The van der Waals surface area contributed by atoms with Crippen molar-refractivity contribution in [3.05, 3.63) is 71.3 Å². The van der Waals surface area contributed by atoms with Crippen LogP contribution in [0.4, 0.5) is 0 Å². The lowest BCUT2D eigenvalue weighted by atomic mass is 9.98. The first kappa shape index (κ1) is 26.1.